The minimum absolute atomic E-state index is 0.0607. The first-order chi connectivity index (χ1) is 23.7. The van der Waals surface area contributed by atoms with Crippen molar-refractivity contribution in [1.29, 1.82) is 0 Å². The van der Waals surface area contributed by atoms with E-state index in [1.165, 1.54) is 11.9 Å². The summed E-state index contributed by atoms with van der Waals surface area (Å²) in [5, 5.41) is 4.63. The Labute approximate surface area is 283 Å². The molecule has 5 rings (SSSR count). The zero-order valence-corrected chi connectivity index (χ0v) is 28.8. The normalized spacial score (nSPS) is 11.6. The number of carbonyl (C=O) groups is 1. The molecule has 14 heteroatoms. The Morgan fingerprint density at radius 3 is 2.41 bits per heavy atom. The zero-order valence-electron chi connectivity index (χ0n) is 27.9. The second-order valence-corrected chi connectivity index (χ2v) is 12.2. The molecule has 0 atom stereocenters. The average Bonchev–Trinajstić information content (AvgIpc) is 3.85. The Morgan fingerprint density at radius 2 is 1.69 bits per heavy atom. The summed E-state index contributed by atoms with van der Waals surface area (Å²) in [5.74, 6) is 3.25. The second-order valence-electron chi connectivity index (χ2n) is 10.3. The SMILES string of the molecule is CCOC(=O)c1ccc(-c2nc(COc3ccc(COc4nn(-c5ccccc5)cc4C=CP(=O)(OCC)OCC)cc3OC)c(C)o2)o1. The first kappa shape index (κ1) is 35.2. The van der Waals surface area contributed by atoms with Gasteiger partial charge in [-0.05, 0) is 75.7 Å². The molecular weight excluding hydrogens is 653 g/mol. The van der Waals surface area contributed by atoms with Crippen LogP contribution in [0.3, 0.4) is 0 Å². The lowest BCUT2D eigenvalue weighted by molar-refractivity contribution is 0.0491. The topological polar surface area (TPSA) is 147 Å². The third-order valence-corrected chi connectivity index (χ3v) is 8.69. The number of esters is 1. The van der Waals surface area contributed by atoms with Crippen molar-refractivity contribution in [2.75, 3.05) is 26.9 Å². The molecule has 0 aliphatic rings. The van der Waals surface area contributed by atoms with Crippen LogP contribution in [-0.4, -0.2) is 47.7 Å². The third-order valence-electron chi connectivity index (χ3n) is 6.94. The molecule has 0 amide bonds. The summed E-state index contributed by atoms with van der Waals surface area (Å²) >= 11 is 0. The molecule has 0 radical (unpaired) electrons. The molecule has 2 aromatic carbocycles. The molecule has 0 N–H and O–H groups in total. The van der Waals surface area contributed by atoms with E-state index >= 15 is 0 Å². The second kappa shape index (κ2) is 16.3. The maximum absolute atomic E-state index is 13.1. The van der Waals surface area contributed by atoms with Gasteiger partial charge < -0.3 is 36.8 Å². The van der Waals surface area contributed by atoms with Crippen LogP contribution >= 0.6 is 7.60 Å². The van der Waals surface area contributed by atoms with Crippen LogP contribution in [-0.2, 0) is 31.6 Å². The van der Waals surface area contributed by atoms with Gasteiger partial charge >= 0.3 is 13.6 Å². The van der Waals surface area contributed by atoms with Crippen molar-refractivity contribution in [3.05, 3.63) is 101 Å². The number of benzene rings is 2. The quantitative estimate of drug-likeness (QED) is 0.0687. The number of ether oxygens (including phenoxy) is 4. The molecule has 0 saturated heterocycles. The Hall–Kier alpha value is -5.10. The molecule has 0 aliphatic heterocycles. The van der Waals surface area contributed by atoms with E-state index in [1.807, 2.05) is 36.4 Å². The van der Waals surface area contributed by atoms with Gasteiger partial charge in [-0.15, -0.1) is 5.10 Å². The van der Waals surface area contributed by atoms with Gasteiger partial charge in [0.15, 0.2) is 17.3 Å². The van der Waals surface area contributed by atoms with Crippen LogP contribution < -0.4 is 14.2 Å². The highest BCUT2D eigenvalue weighted by Gasteiger charge is 2.21. The lowest BCUT2D eigenvalue weighted by atomic mass is 10.2. The van der Waals surface area contributed by atoms with E-state index < -0.39 is 13.6 Å². The number of furan rings is 1. The molecule has 0 spiro atoms. The van der Waals surface area contributed by atoms with Crippen molar-refractivity contribution in [1.82, 2.24) is 14.8 Å². The van der Waals surface area contributed by atoms with E-state index in [9.17, 15) is 9.36 Å². The third kappa shape index (κ3) is 8.88. The van der Waals surface area contributed by atoms with Crippen LogP contribution in [0.25, 0.3) is 23.4 Å². The zero-order chi connectivity index (χ0) is 34.8. The van der Waals surface area contributed by atoms with Crippen LogP contribution in [0.15, 0.2) is 81.5 Å². The number of para-hydroxylation sites is 1. The number of aromatic nitrogens is 3. The number of methoxy groups -OCH3 is 1. The number of oxazole rings is 1. The van der Waals surface area contributed by atoms with Gasteiger partial charge in [-0.25, -0.2) is 14.5 Å². The molecule has 0 bridgehead atoms. The van der Waals surface area contributed by atoms with E-state index in [4.69, 9.17) is 36.8 Å². The summed E-state index contributed by atoms with van der Waals surface area (Å²) in [4.78, 5) is 16.4. The van der Waals surface area contributed by atoms with E-state index in [0.29, 0.717) is 40.2 Å². The first-order valence-electron chi connectivity index (χ1n) is 15.6. The van der Waals surface area contributed by atoms with Crippen molar-refractivity contribution < 1.29 is 46.2 Å². The largest absolute Gasteiger partial charge is 0.493 e. The van der Waals surface area contributed by atoms with Crippen molar-refractivity contribution >= 4 is 19.6 Å². The van der Waals surface area contributed by atoms with Crippen molar-refractivity contribution in [2.45, 2.75) is 40.9 Å². The fourth-order valence-corrected chi connectivity index (χ4v) is 5.93. The standard InChI is InChI=1S/C35H38N3O10P/c1-6-42-35(39)31-17-16-30(48-31)34-36-28(24(4)47-34)23-43-29-15-14-25(20-32(29)41-5)22-44-33-26(18-19-49(40,45-7-2)46-8-3)21-38(37-33)27-12-10-9-11-13-27/h9-21H,6-8,22-23H2,1-5H3. The molecule has 13 nitrogen and oxygen atoms in total. The molecule has 0 aliphatic carbocycles. The minimum Gasteiger partial charge on any atom is -0.493 e. The molecule has 3 heterocycles. The van der Waals surface area contributed by atoms with Crippen LogP contribution in [0.5, 0.6) is 17.4 Å². The van der Waals surface area contributed by atoms with Crippen LogP contribution in [0.4, 0.5) is 0 Å². The number of hydrogen-bond acceptors (Lipinski definition) is 12. The Bertz CT molecular complexity index is 1920. The number of aryl methyl sites for hydroxylation is 1. The summed E-state index contributed by atoms with van der Waals surface area (Å²) in [7, 11) is -1.90. The molecule has 49 heavy (non-hydrogen) atoms. The fourth-order valence-electron chi connectivity index (χ4n) is 4.62. The van der Waals surface area contributed by atoms with Crippen molar-refractivity contribution in [2.24, 2.45) is 0 Å². The predicted molar refractivity (Wildman–Crippen MR) is 180 cm³/mol. The molecule has 5 aromatic rings. The average molecular weight is 692 g/mol. The highest BCUT2D eigenvalue weighted by Crippen LogP contribution is 2.50. The smallest absolute Gasteiger partial charge is 0.374 e. The van der Waals surface area contributed by atoms with Gasteiger partial charge in [0.05, 0.1) is 38.2 Å². The molecule has 0 fully saturated rings. The van der Waals surface area contributed by atoms with Crippen molar-refractivity contribution in [3.63, 3.8) is 0 Å². The summed E-state index contributed by atoms with van der Waals surface area (Å²) in [5.41, 5.74) is 2.75. The van der Waals surface area contributed by atoms with Gasteiger partial charge in [0.25, 0.3) is 5.89 Å². The Balaban J connectivity index is 1.29. The van der Waals surface area contributed by atoms with Crippen LogP contribution in [0.1, 0.15) is 53.9 Å². The monoisotopic (exact) mass is 691 g/mol. The highest BCUT2D eigenvalue weighted by atomic mass is 31.2. The van der Waals surface area contributed by atoms with Crippen LogP contribution in [0.2, 0.25) is 0 Å². The van der Waals surface area contributed by atoms with Gasteiger partial charge in [-0.1, -0.05) is 24.3 Å². The summed E-state index contributed by atoms with van der Waals surface area (Å²) in [6.45, 7) is 7.94. The van der Waals surface area contributed by atoms with E-state index in [0.717, 1.165) is 11.3 Å². The Kier molecular flexibility index (Phi) is 11.7. The summed E-state index contributed by atoms with van der Waals surface area (Å²) in [6, 6.07) is 18.1. The number of hydrogen-bond donors (Lipinski definition) is 0. The minimum atomic E-state index is -3.45. The van der Waals surface area contributed by atoms with Gasteiger partial charge in [0.1, 0.15) is 24.7 Å². The highest BCUT2D eigenvalue weighted by molar-refractivity contribution is 7.57. The molecule has 0 unspecified atom stereocenters. The van der Waals surface area contributed by atoms with Gasteiger partial charge in [0, 0.05) is 12.0 Å². The van der Waals surface area contributed by atoms with Gasteiger partial charge in [-0.3, -0.25) is 4.57 Å². The van der Waals surface area contributed by atoms with Gasteiger partial charge in [0.2, 0.25) is 11.6 Å². The number of rotatable bonds is 17. The lowest BCUT2D eigenvalue weighted by Gasteiger charge is -2.13. The first-order valence-corrected chi connectivity index (χ1v) is 17.3. The van der Waals surface area contributed by atoms with Crippen LogP contribution in [0, 0.1) is 6.92 Å². The predicted octanol–water partition coefficient (Wildman–Crippen LogP) is 8.01. The Morgan fingerprint density at radius 1 is 0.918 bits per heavy atom. The summed E-state index contributed by atoms with van der Waals surface area (Å²) < 4.78 is 59.7. The van der Waals surface area contributed by atoms with Crippen molar-refractivity contribution in [3.8, 4) is 34.7 Å². The van der Waals surface area contributed by atoms with Gasteiger partial charge in [-0.2, -0.15) is 0 Å². The van der Waals surface area contributed by atoms with E-state index in [-0.39, 0.29) is 44.7 Å². The molecule has 3 aromatic heterocycles. The molecule has 258 valence electrons. The van der Waals surface area contributed by atoms with E-state index in [1.54, 1.807) is 70.0 Å². The number of carbonyl (C=O) groups excluding carboxylic acids is 1. The number of nitrogens with zero attached hydrogens (tertiary/aromatic N) is 3. The fraction of sp³-hybridized carbons (Fsp3) is 0.286. The lowest BCUT2D eigenvalue weighted by Crippen LogP contribution is -2.02. The summed E-state index contributed by atoms with van der Waals surface area (Å²) in [6.07, 6.45) is 3.41. The maximum atomic E-state index is 13.1. The molecular formula is C35H38N3O10P. The van der Waals surface area contributed by atoms with E-state index in [2.05, 4.69) is 10.1 Å². The molecule has 0 saturated carbocycles. The maximum Gasteiger partial charge on any atom is 0.374 e.